The summed E-state index contributed by atoms with van der Waals surface area (Å²) in [6.07, 6.45) is 2.82. The van der Waals surface area contributed by atoms with Crippen molar-refractivity contribution >= 4 is 10.0 Å². The summed E-state index contributed by atoms with van der Waals surface area (Å²) >= 11 is 0. The van der Waals surface area contributed by atoms with Gasteiger partial charge in [-0.2, -0.15) is 0 Å². The molecule has 0 saturated heterocycles. The van der Waals surface area contributed by atoms with Crippen LogP contribution in [0.5, 0.6) is 5.75 Å². The van der Waals surface area contributed by atoms with E-state index in [-0.39, 0.29) is 12.0 Å². The average Bonchev–Trinajstić information content (AvgIpc) is 2.61. The minimum Gasteiger partial charge on any atom is -0.496 e. The Labute approximate surface area is 150 Å². The van der Waals surface area contributed by atoms with Crippen LogP contribution in [0, 0.1) is 0 Å². The predicted octanol–water partition coefficient (Wildman–Crippen LogP) is 4.17. The maximum atomic E-state index is 12.9. The molecule has 25 heavy (non-hydrogen) atoms. The van der Waals surface area contributed by atoms with Crippen molar-refractivity contribution in [2.45, 2.75) is 50.0 Å². The highest BCUT2D eigenvalue weighted by molar-refractivity contribution is 7.89. The maximum Gasteiger partial charge on any atom is 0.241 e. The molecule has 0 bridgehead atoms. The van der Waals surface area contributed by atoms with Gasteiger partial charge >= 0.3 is 0 Å². The Morgan fingerprint density at radius 2 is 1.92 bits per heavy atom. The van der Waals surface area contributed by atoms with Crippen LogP contribution in [0.2, 0.25) is 0 Å². The molecule has 134 valence electrons. The molecule has 1 N–H and O–H groups in total. The summed E-state index contributed by atoms with van der Waals surface area (Å²) in [5.41, 5.74) is 3.23. The molecular formula is C20H25NO3S. The van der Waals surface area contributed by atoms with Gasteiger partial charge < -0.3 is 4.74 Å². The fourth-order valence-corrected chi connectivity index (χ4v) is 4.75. The third-order valence-corrected chi connectivity index (χ3v) is 6.27. The lowest BCUT2D eigenvalue weighted by atomic mass is 9.88. The third kappa shape index (κ3) is 3.72. The van der Waals surface area contributed by atoms with Gasteiger partial charge in [0, 0.05) is 6.04 Å². The molecule has 0 amide bonds. The maximum absolute atomic E-state index is 12.9. The second-order valence-corrected chi connectivity index (χ2v) is 8.54. The van der Waals surface area contributed by atoms with Crippen molar-refractivity contribution in [3.8, 4) is 5.75 Å². The van der Waals surface area contributed by atoms with Crippen molar-refractivity contribution in [2.75, 3.05) is 7.11 Å². The molecule has 0 fully saturated rings. The number of nitrogens with one attached hydrogen (secondary N) is 1. The lowest BCUT2D eigenvalue weighted by Gasteiger charge is -2.26. The monoisotopic (exact) mass is 359 g/mol. The molecule has 3 rings (SSSR count). The molecule has 2 aromatic carbocycles. The van der Waals surface area contributed by atoms with E-state index >= 15 is 0 Å². The second kappa shape index (κ2) is 7.18. The van der Waals surface area contributed by atoms with E-state index in [1.54, 1.807) is 25.3 Å². The fraction of sp³-hybridized carbons (Fsp3) is 0.400. The van der Waals surface area contributed by atoms with E-state index < -0.39 is 10.0 Å². The molecule has 5 heteroatoms. The van der Waals surface area contributed by atoms with Crippen molar-refractivity contribution in [1.29, 1.82) is 0 Å². The number of fused-ring (bicyclic) bond motifs is 1. The quantitative estimate of drug-likeness (QED) is 0.871. The van der Waals surface area contributed by atoms with Crippen LogP contribution in [0.1, 0.15) is 55.3 Å². The SMILES string of the molecule is COc1ccc(S(=O)(=O)NC2CCCc3ccccc32)cc1C(C)C. The highest BCUT2D eigenvalue weighted by Gasteiger charge is 2.26. The van der Waals surface area contributed by atoms with E-state index in [2.05, 4.69) is 10.8 Å². The molecule has 1 unspecified atom stereocenters. The van der Waals surface area contributed by atoms with Gasteiger partial charge in [-0.1, -0.05) is 38.1 Å². The van der Waals surface area contributed by atoms with E-state index in [4.69, 9.17) is 4.74 Å². The third-order valence-electron chi connectivity index (χ3n) is 4.80. The van der Waals surface area contributed by atoms with Gasteiger partial charge in [-0.3, -0.25) is 0 Å². The van der Waals surface area contributed by atoms with Gasteiger partial charge in [0.2, 0.25) is 10.0 Å². The summed E-state index contributed by atoms with van der Waals surface area (Å²) in [6, 6.07) is 13.0. The summed E-state index contributed by atoms with van der Waals surface area (Å²) < 4.78 is 34.1. The van der Waals surface area contributed by atoms with E-state index in [0.717, 1.165) is 36.1 Å². The summed E-state index contributed by atoms with van der Waals surface area (Å²) in [6.45, 7) is 4.05. The minimum atomic E-state index is -3.59. The van der Waals surface area contributed by atoms with Gasteiger partial charge in [-0.15, -0.1) is 0 Å². The molecule has 0 radical (unpaired) electrons. The Morgan fingerprint density at radius 1 is 1.16 bits per heavy atom. The molecule has 0 saturated carbocycles. The predicted molar refractivity (Wildman–Crippen MR) is 99.5 cm³/mol. The van der Waals surface area contributed by atoms with Gasteiger partial charge in [0.1, 0.15) is 5.75 Å². The Kier molecular flexibility index (Phi) is 5.16. The van der Waals surface area contributed by atoms with E-state index in [0.29, 0.717) is 4.90 Å². The second-order valence-electron chi connectivity index (χ2n) is 6.82. The standard InChI is InChI=1S/C20H25NO3S/c1-14(2)18-13-16(11-12-20(18)24-3)25(22,23)21-19-10-6-8-15-7-4-5-9-17(15)19/h4-5,7,9,11-14,19,21H,6,8,10H2,1-3H3. The number of hydrogen-bond acceptors (Lipinski definition) is 3. The van der Waals surface area contributed by atoms with Crippen molar-refractivity contribution in [1.82, 2.24) is 4.72 Å². The summed E-state index contributed by atoms with van der Waals surface area (Å²) in [4.78, 5) is 0.292. The number of benzene rings is 2. The topological polar surface area (TPSA) is 55.4 Å². The molecule has 0 aliphatic heterocycles. The molecule has 1 aliphatic rings. The van der Waals surface area contributed by atoms with Gasteiger partial charge in [0.25, 0.3) is 0 Å². The van der Waals surface area contributed by atoms with E-state index in [9.17, 15) is 8.42 Å². The Hall–Kier alpha value is -1.85. The molecule has 1 aliphatic carbocycles. The first kappa shape index (κ1) is 18.0. The van der Waals surface area contributed by atoms with Gasteiger partial charge in [-0.05, 0) is 60.1 Å². The zero-order chi connectivity index (χ0) is 18.0. The van der Waals surface area contributed by atoms with Gasteiger partial charge in [0.15, 0.2) is 0 Å². The smallest absolute Gasteiger partial charge is 0.241 e. The molecule has 1 atom stereocenters. The molecule has 0 aromatic heterocycles. The van der Waals surface area contributed by atoms with Crippen LogP contribution in [-0.4, -0.2) is 15.5 Å². The first-order valence-corrected chi connectivity index (χ1v) is 10.2. The number of methoxy groups -OCH3 is 1. The van der Waals surface area contributed by atoms with Gasteiger partial charge in [0.05, 0.1) is 12.0 Å². The molecular weight excluding hydrogens is 334 g/mol. The molecule has 0 spiro atoms. The number of ether oxygens (including phenoxy) is 1. The Morgan fingerprint density at radius 3 is 2.64 bits per heavy atom. The summed E-state index contributed by atoms with van der Waals surface area (Å²) in [7, 11) is -1.99. The summed E-state index contributed by atoms with van der Waals surface area (Å²) in [5, 5.41) is 0. The van der Waals surface area contributed by atoms with Crippen molar-refractivity contribution in [3.05, 3.63) is 59.2 Å². The zero-order valence-corrected chi connectivity index (χ0v) is 15.8. The Balaban J connectivity index is 1.92. The average molecular weight is 359 g/mol. The fourth-order valence-electron chi connectivity index (χ4n) is 3.46. The van der Waals surface area contributed by atoms with E-state index in [1.807, 2.05) is 32.0 Å². The highest BCUT2D eigenvalue weighted by Crippen LogP contribution is 2.32. The van der Waals surface area contributed by atoms with Crippen LogP contribution in [-0.2, 0) is 16.4 Å². The lowest BCUT2D eigenvalue weighted by Crippen LogP contribution is -2.31. The molecule has 4 nitrogen and oxygen atoms in total. The van der Waals surface area contributed by atoms with Gasteiger partial charge in [-0.25, -0.2) is 13.1 Å². The largest absolute Gasteiger partial charge is 0.496 e. The normalized spacial score (nSPS) is 17.4. The van der Waals surface area contributed by atoms with Crippen LogP contribution in [0.15, 0.2) is 47.4 Å². The molecule has 0 heterocycles. The lowest BCUT2D eigenvalue weighted by molar-refractivity contribution is 0.407. The highest BCUT2D eigenvalue weighted by atomic mass is 32.2. The van der Waals surface area contributed by atoms with Crippen molar-refractivity contribution in [3.63, 3.8) is 0 Å². The van der Waals surface area contributed by atoms with Crippen LogP contribution in [0.25, 0.3) is 0 Å². The number of sulfonamides is 1. The molecule has 2 aromatic rings. The summed E-state index contributed by atoms with van der Waals surface area (Å²) in [5.74, 6) is 0.900. The minimum absolute atomic E-state index is 0.167. The first-order valence-electron chi connectivity index (χ1n) is 8.70. The number of rotatable bonds is 5. The van der Waals surface area contributed by atoms with Crippen molar-refractivity contribution in [2.24, 2.45) is 0 Å². The first-order chi connectivity index (χ1) is 11.9. The van der Waals surface area contributed by atoms with E-state index in [1.165, 1.54) is 5.56 Å². The van der Waals surface area contributed by atoms with Crippen LogP contribution >= 0.6 is 0 Å². The van der Waals surface area contributed by atoms with Crippen LogP contribution in [0.3, 0.4) is 0 Å². The zero-order valence-electron chi connectivity index (χ0n) is 15.0. The van der Waals surface area contributed by atoms with Crippen LogP contribution in [0.4, 0.5) is 0 Å². The number of aryl methyl sites for hydroxylation is 1. The van der Waals surface area contributed by atoms with Crippen LogP contribution < -0.4 is 9.46 Å². The Bertz CT molecular complexity index is 859. The van der Waals surface area contributed by atoms with Crippen molar-refractivity contribution < 1.29 is 13.2 Å². The number of hydrogen-bond donors (Lipinski definition) is 1.